The number of nitrogens with one attached hydrogen (secondary N) is 2. The number of nitrogens with zero attached hydrogens (tertiary/aromatic N) is 2. The highest BCUT2D eigenvalue weighted by atomic mass is 16.2. The molecule has 0 radical (unpaired) electrons. The SMILES string of the molecule is NC(=O)CCNC(=O)c1ncn[nH]1. The van der Waals surface area contributed by atoms with Crippen molar-refractivity contribution in [1.82, 2.24) is 20.5 Å². The first-order valence-electron chi connectivity index (χ1n) is 3.62. The number of carbonyl (C=O) groups is 2. The topological polar surface area (TPSA) is 114 Å². The van der Waals surface area contributed by atoms with Crippen molar-refractivity contribution < 1.29 is 9.59 Å². The molecule has 0 fully saturated rings. The van der Waals surface area contributed by atoms with Crippen LogP contribution in [0.2, 0.25) is 0 Å². The average molecular weight is 183 g/mol. The number of aromatic nitrogens is 3. The van der Waals surface area contributed by atoms with Gasteiger partial charge in [0.1, 0.15) is 6.33 Å². The van der Waals surface area contributed by atoms with Crippen LogP contribution in [0.4, 0.5) is 0 Å². The van der Waals surface area contributed by atoms with Crippen LogP contribution in [0.1, 0.15) is 17.0 Å². The van der Waals surface area contributed by atoms with E-state index in [2.05, 4.69) is 20.5 Å². The third-order valence-corrected chi connectivity index (χ3v) is 1.29. The van der Waals surface area contributed by atoms with Gasteiger partial charge in [0, 0.05) is 13.0 Å². The van der Waals surface area contributed by atoms with E-state index in [9.17, 15) is 9.59 Å². The number of primary amides is 1. The first kappa shape index (κ1) is 9.17. The molecule has 4 N–H and O–H groups in total. The summed E-state index contributed by atoms with van der Waals surface area (Å²) in [7, 11) is 0. The van der Waals surface area contributed by atoms with Crippen molar-refractivity contribution in [2.24, 2.45) is 5.73 Å². The van der Waals surface area contributed by atoms with Crippen molar-refractivity contribution in [3.63, 3.8) is 0 Å². The predicted octanol–water partition coefficient (Wildman–Crippen LogP) is -1.59. The molecule has 0 unspecified atom stereocenters. The highest BCUT2D eigenvalue weighted by Gasteiger charge is 2.07. The molecule has 0 spiro atoms. The minimum atomic E-state index is -0.460. The number of hydrogen-bond acceptors (Lipinski definition) is 4. The largest absolute Gasteiger partial charge is 0.370 e. The van der Waals surface area contributed by atoms with E-state index in [4.69, 9.17) is 5.73 Å². The van der Waals surface area contributed by atoms with Crippen LogP contribution in [0.25, 0.3) is 0 Å². The Morgan fingerprint density at radius 1 is 1.62 bits per heavy atom. The second-order valence-corrected chi connectivity index (χ2v) is 2.31. The van der Waals surface area contributed by atoms with Gasteiger partial charge in [-0.25, -0.2) is 4.98 Å². The third kappa shape index (κ3) is 2.89. The zero-order valence-electron chi connectivity index (χ0n) is 6.78. The van der Waals surface area contributed by atoms with Gasteiger partial charge in [0.2, 0.25) is 11.7 Å². The second kappa shape index (κ2) is 4.19. The van der Waals surface area contributed by atoms with Crippen LogP contribution in [0.15, 0.2) is 6.33 Å². The summed E-state index contributed by atoms with van der Waals surface area (Å²) < 4.78 is 0. The van der Waals surface area contributed by atoms with Gasteiger partial charge in [-0.2, -0.15) is 5.10 Å². The van der Waals surface area contributed by atoms with Gasteiger partial charge in [-0.1, -0.05) is 0 Å². The molecule has 1 aromatic heterocycles. The van der Waals surface area contributed by atoms with Gasteiger partial charge < -0.3 is 11.1 Å². The van der Waals surface area contributed by atoms with Crippen molar-refractivity contribution in [2.75, 3.05) is 6.54 Å². The fourth-order valence-corrected chi connectivity index (χ4v) is 0.698. The normalized spacial score (nSPS) is 9.54. The summed E-state index contributed by atoms with van der Waals surface area (Å²) in [5, 5.41) is 8.33. The summed E-state index contributed by atoms with van der Waals surface area (Å²) in [5.74, 6) is -0.749. The lowest BCUT2D eigenvalue weighted by Crippen LogP contribution is -2.28. The van der Waals surface area contributed by atoms with Gasteiger partial charge in [-0.3, -0.25) is 14.7 Å². The van der Waals surface area contributed by atoms with Gasteiger partial charge in [0.05, 0.1) is 0 Å². The van der Waals surface area contributed by atoms with E-state index in [0.717, 1.165) is 0 Å². The molecule has 0 aliphatic rings. The van der Waals surface area contributed by atoms with E-state index in [-0.39, 0.29) is 18.8 Å². The third-order valence-electron chi connectivity index (χ3n) is 1.29. The molecule has 2 amide bonds. The molecule has 0 atom stereocenters. The summed E-state index contributed by atoms with van der Waals surface area (Å²) in [6, 6.07) is 0. The Labute approximate surface area is 73.7 Å². The number of nitrogens with two attached hydrogens (primary N) is 1. The molecule has 70 valence electrons. The number of aromatic amines is 1. The fraction of sp³-hybridized carbons (Fsp3) is 0.333. The first-order chi connectivity index (χ1) is 6.20. The van der Waals surface area contributed by atoms with Crippen molar-refractivity contribution in [1.29, 1.82) is 0 Å². The lowest BCUT2D eigenvalue weighted by molar-refractivity contribution is -0.117. The lowest BCUT2D eigenvalue weighted by Gasteiger charge is -1.99. The van der Waals surface area contributed by atoms with Gasteiger partial charge in [-0.15, -0.1) is 0 Å². The Morgan fingerprint density at radius 2 is 2.38 bits per heavy atom. The van der Waals surface area contributed by atoms with E-state index < -0.39 is 11.8 Å². The van der Waals surface area contributed by atoms with Gasteiger partial charge in [0.25, 0.3) is 5.91 Å². The van der Waals surface area contributed by atoms with Crippen LogP contribution < -0.4 is 11.1 Å². The van der Waals surface area contributed by atoms with Crippen molar-refractivity contribution in [3.8, 4) is 0 Å². The molecule has 0 saturated heterocycles. The smallest absolute Gasteiger partial charge is 0.288 e. The maximum Gasteiger partial charge on any atom is 0.288 e. The molecule has 0 bridgehead atoms. The fourth-order valence-electron chi connectivity index (χ4n) is 0.698. The van der Waals surface area contributed by atoms with E-state index in [1.54, 1.807) is 0 Å². The molecule has 13 heavy (non-hydrogen) atoms. The molecule has 0 aliphatic heterocycles. The molecule has 7 nitrogen and oxygen atoms in total. The molecule has 7 heteroatoms. The summed E-state index contributed by atoms with van der Waals surface area (Å²) in [4.78, 5) is 25.0. The molecular weight excluding hydrogens is 174 g/mol. The molecule has 1 rings (SSSR count). The van der Waals surface area contributed by atoms with Crippen LogP contribution >= 0.6 is 0 Å². The minimum absolute atomic E-state index is 0.111. The minimum Gasteiger partial charge on any atom is -0.370 e. The number of carbonyl (C=O) groups excluding carboxylic acids is 2. The molecule has 1 aromatic rings. The van der Waals surface area contributed by atoms with Gasteiger partial charge >= 0.3 is 0 Å². The van der Waals surface area contributed by atoms with Crippen molar-refractivity contribution in [3.05, 3.63) is 12.2 Å². The lowest BCUT2D eigenvalue weighted by atomic mass is 10.4. The van der Waals surface area contributed by atoms with Crippen LogP contribution in [-0.4, -0.2) is 33.5 Å². The zero-order valence-corrected chi connectivity index (χ0v) is 6.78. The van der Waals surface area contributed by atoms with Crippen LogP contribution in [0.3, 0.4) is 0 Å². The molecule has 1 heterocycles. The first-order valence-corrected chi connectivity index (χ1v) is 3.62. The Morgan fingerprint density at radius 3 is 2.92 bits per heavy atom. The predicted molar refractivity (Wildman–Crippen MR) is 42.5 cm³/mol. The van der Waals surface area contributed by atoms with Crippen LogP contribution in [0.5, 0.6) is 0 Å². The van der Waals surface area contributed by atoms with Crippen LogP contribution in [-0.2, 0) is 4.79 Å². The van der Waals surface area contributed by atoms with Gasteiger partial charge in [0.15, 0.2) is 0 Å². The molecular formula is C6H9N5O2. The Balaban J connectivity index is 2.31. The zero-order chi connectivity index (χ0) is 9.68. The summed E-state index contributed by atoms with van der Waals surface area (Å²) in [6.07, 6.45) is 1.34. The quantitative estimate of drug-likeness (QED) is 0.522. The maximum atomic E-state index is 11.1. The summed E-state index contributed by atoms with van der Waals surface area (Å²) in [6.45, 7) is 0.203. The highest BCUT2D eigenvalue weighted by Crippen LogP contribution is 1.84. The van der Waals surface area contributed by atoms with Gasteiger partial charge in [-0.05, 0) is 0 Å². The van der Waals surface area contributed by atoms with Crippen molar-refractivity contribution >= 4 is 11.8 Å². The highest BCUT2D eigenvalue weighted by molar-refractivity contribution is 5.90. The Kier molecular flexibility index (Phi) is 2.96. The van der Waals surface area contributed by atoms with Crippen molar-refractivity contribution in [2.45, 2.75) is 6.42 Å². The number of H-pyrrole nitrogens is 1. The van der Waals surface area contributed by atoms with E-state index in [0.29, 0.717) is 0 Å². The van der Waals surface area contributed by atoms with Crippen LogP contribution in [0, 0.1) is 0 Å². The maximum absolute atomic E-state index is 11.1. The molecule has 0 aliphatic carbocycles. The summed E-state index contributed by atoms with van der Waals surface area (Å²) in [5.41, 5.74) is 4.87. The average Bonchev–Trinajstić information content (AvgIpc) is 2.55. The number of hydrogen-bond donors (Lipinski definition) is 3. The summed E-state index contributed by atoms with van der Waals surface area (Å²) >= 11 is 0. The van der Waals surface area contributed by atoms with E-state index in [1.165, 1.54) is 6.33 Å². The molecule has 0 saturated carbocycles. The Bertz CT molecular complexity index is 294. The number of amides is 2. The second-order valence-electron chi connectivity index (χ2n) is 2.31. The monoisotopic (exact) mass is 183 g/mol. The number of rotatable bonds is 4. The van der Waals surface area contributed by atoms with E-state index >= 15 is 0 Å². The Hall–Kier alpha value is -1.92. The van der Waals surface area contributed by atoms with E-state index in [1.807, 2.05) is 0 Å². The standard InChI is InChI=1S/C6H9N5O2/c7-4(12)1-2-8-6(13)5-9-3-10-11-5/h3H,1-2H2,(H2,7,12)(H,8,13)(H,9,10,11). The molecule has 0 aromatic carbocycles.